The van der Waals surface area contributed by atoms with Crippen LogP contribution in [-0.4, -0.2) is 60.6 Å². The zero-order valence-corrected chi connectivity index (χ0v) is 9.07. The summed E-state index contributed by atoms with van der Waals surface area (Å²) in [6.07, 6.45) is 1.01. The van der Waals surface area contributed by atoms with E-state index in [1.54, 1.807) is 4.90 Å². The second-order valence-electron chi connectivity index (χ2n) is 3.98. The van der Waals surface area contributed by atoms with Crippen LogP contribution < -0.4 is 0 Å². The lowest BCUT2D eigenvalue weighted by Crippen LogP contribution is -2.37. The van der Waals surface area contributed by atoms with Gasteiger partial charge >= 0.3 is 0 Å². The molecule has 0 bridgehead atoms. The smallest absolute Gasteiger partial charge is 0.236 e. The summed E-state index contributed by atoms with van der Waals surface area (Å²) in [6, 6.07) is 0. The number of carbonyl (C=O) groups excluding carboxylic acids is 1. The quantitative estimate of drug-likeness (QED) is 0.682. The van der Waals surface area contributed by atoms with Gasteiger partial charge in [0.2, 0.25) is 5.91 Å². The van der Waals surface area contributed by atoms with E-state index in [4.69, 9.17) is 5.11 Å². The van der Waals surface area contributed by atoms with Gasteiger partial charge in [-0.3, -0.25) is 9.69 Å². The highest BCUT2D eigenvalue weighted by atomic mass is 16.3. The molecule has 0 aromatic carbocycles. The van der Waals surface area contributed by atoms with Gasteiger partial charge in [0.25, 0.3) is 0 Å². The van der Waals surface area contributed by atoms with Gasteiger partial charge in [-0.25, -0.2) is 0 Å². The largest absolute Gasteiger partial charge is 0.396 e. The van der Waals surface area contributed by atoms with Crippen LogP contribution in [0.25, 0.3) is 0 Å². The summed E-state index contributed by atoms with van der Waals surface area (Å²) in [4.78, 5) is 15.4. The van der Waals surface area contributed by atoms with Crippen LogP contribution in [0.1, 0.15) is 13.3 Å². The van der Waals surface area contributed by atoms with Crippen molar-refractivity contribution in [3.05, 3.63) is 0 Å². The summed E-state index contributed by atoms with van der Waals surface area (Å²) < 4.78 is 0. The highest BCUT2D eigenvalue weighted by molar-refractivity contribution is 5.77. The molecule has 0 spiro atoms. The van der Waals surface area contributed by atoms with Crippen LogP contribution in [0.5, 0.6) is 0 Å². The van der Waals surface area contributed by atoms with Crippen molar-refractivity contribution in [2.75, 3.05) is 39.8 Å². The molecule has 4 heteroatoms. The highest BCUT2D eigenvalue weighted by Crippen LogP contribution is 2.14. The van der Waals surface area contributed by atoms with Crippen LogP contribution in [0.15, 0.2) is 0 Å². The van der Waals surface area contributed by atoms with Gasteiger partial charge in [0.1, 0.15) is 0 Å². The van der Waals surface area contributed by atoms with E-state index < -0.39 is 0 Å². The Hall–Kier alpha value is -0.610. The minimum Gasteiger partial charge on any atom is -0.396 e. The number of hydrogen-bond acceptors (Lipinski definition) is 3. The van der Waals surface area contributed by atoms with Crippen molar-refractivity contribution in [1.29, 1.82) is 0 Å². The molecule has 1 aliphatic rings. The lowest BCUT2D eigenvalue weighted by molar-refractivity contribution is -0.130. The summed E-state index contributed by atoms with van der Waals surface area (Å²) >= 11 is 0. The van der Waals surface area contributed by atoms with Gasteiger partial charge in [-0.15, -0.1) is 0 Å². The van der Waals surface area contributed by atoms with E-state index in [1.807, 2.05) is 14.0 Å². The van der Waals surface area contributed by atoms with Gasteiger partial charge in [0.15, 0.2) is 0 Å². The van der Waals surface area contributed by atoms with Crippen LogP contribution in [0.2, 0.25) is 0 Å². The molecule has 1 rings (SSSR count). The Bertz CT molecular complexity index is 197. The van der Waals surface area contributed by atoms with Crippen molar-refractivity contribution >= 4 is 5.91 Å². The zero-order valence-electron chi connectivity index (χ0n) is 9.07. The molecule has 1 amide bonds. The Kier molecular flexibility index (Phi) is 4.35. The number of aliphatic hydroxyl groups is 1. The molecule has 14 heavy (non-hydrogen) atoms. The van der Waals surface area contributed by atoms with Gasteiger partial charge in [0, 0.05) is 26.7 Å². The van der Waals surface area contributed by atoms with Gasteiger partial charge in [-0.05, 0) is 25.8 Å². The van der Waals surface area contributed by atoms with E-state index in [0.29, 0.717) is 12.5 Å². The standard InChI is InChI=1S/C10H20N2O2/c1-3-11(2)10(14)7-12-5-4-9(6-12)8-13/h9,13H,3-8H2,1-2H3. The number of likely N-dealkylation sites (tertiary alicyclic amines) is 1. The Balaban J connectivity index is 2.28. The number of aliphatic hydroxyl groups excluding tert-OH is 1. The van der Waals surface area contributed by atoms with Crippen molar-refractivity contribution in [2.24, 2.45) is 5.92 Å². The maximum absolute atomic E-state index is 11.5. The maximum Gasteiger partial charge on any atom is 0.236 e. The van der Waals surface area contributed by atoms with E-state index >= 15 is 0 Å². The zero-order chi connectivity index (χ0) is 10.6. The first-order valence-corrected chi connectivity index (χ1v) is 5.24. The van der Waals surface area contributed by atoms with E-state index in [1.165, 1.54) is 0 Å². The van der Waals surface area contributed by atoms with Crippen LogP contribution >= 0.6 is 0 Å². The first-order chi connectivity index (χ1) is 6.67. The van der Waals surface area contributed by atoms with Gasteiger partial charge in [-0.2, -0.15) is 0 Å². The number of likely N-dealkylation sites (N-methyl/N-ethyl adjacent to an activating group) is 1. The third-order valence-corrected chi connectivity index (χ3v) is 2.89. The average molecular weight is 200 g/mol. The topological polar surface area (TPSA) is 43.8 Å². The average Bonchev–Trinajstić information content (AvgIpc) is 2.64. The van der Waals surface area contributed by atoms with Crippen LogP contribution in [0.3, 0.4) is 0 Å². The minimum absolute atomic E-state index is 0.172. The number of carbonyl (C=O) groups is 1. The summed E-state index contributed by atoms with van der Waals surface area (Å²) in [7, 11) is 1.82. The fourth-order valence-corrected chi connectivity index (χ4v) is 1.69. The van der Waals surface area contributed by atoms with E-state index in [-0.39, 0.29) is 12.5 Å². The van der Waals surface area contributed by atoms with Gasteiger partial charge in [0.05, 0.1) is 6.54 Å². The molecular formula is C10H20N2O2. The third-order valence-electron chi connectivity index (χ3n) is 2.89. The van der Waals surface area contributed by atoms with Crippen LogP contribution in [0.4, 0.5) is 0 Å². The molecule has 0 aromatic rings. The second kappa shape index (κ2) is 5.32. The Labute approximate surface area is 85.5 Å². The molecule has 1 atom stereocenters. The van der Waals surface area contributed by atoms with Crippen LogP contribution in [0, 0.1) is 5.92 Å². The third kappa shape index (κ3) is 2.96. The van der Waals surface area contributed by atoms with Crippen molar-refractivity contribution in [1.82, 2.24) is 9.80 Å². The van der Waals surface area contributed by atoms with Crippen molar-refractivity contribution in [2.45, 2.75) is 13.3 Å². The fraction of sp³-hybridized carbons (Fsp3) is 0.900. The SMILES string of the molecule is CCN(C)C(=O)CN1CCC(CO)C1. The predicted molar refractivity (Wildman–Crippen MR) is 54.9 cm³/mol. The summed E-state index contributed by atoms with van der Waals surface area (Å²) in [5.41, 5.74) is 0. The molecule has 0 aromatic heterocycles. The molecule has 0 radical (unpaired) electrons. The number of hydrogen-bond donors (Lipinski definition) is 1. The summed E-state index contributed by atoms with van der Waals surface area (Å²) in [5, 5.41) is 8.95. The molecule has 1 N–H and O–H groups in total. The number of amides is 1. The second-order valence-corrected chi connectivity index (χ2v) is 3.98. The molecule has 1 aliphatic heterocycles. The van der Waals surface area contributed by atoms with Gasteiger partial charge < -0.3 is 10.0 Å². The lowest BCUT2D eigenvalue weighted by Gasteiger charge is -2.20. The highest BCUT2D eigenvalue weighted by Gasteiger charge is 2.23. The van der Waals surface area contributed by atoms with E-state index in [9.17, 15) is 4.79 Å². The summed E-state index contributed by atoms with van der Waals surface area (Å²) in [6.45, 7) is 5.28. The molecule has 1 heterocycles. The van der Waals surface area contributed by atoms with Gasteiger partial charge in [-0.1, -0.05) is 0 Å². The van der Waals surface area contributed by atoms with Crippen molar-refractivity contribution in [3.63, 3.8) is 0 Å². The monoisotopic (exact) mass is 200 g/mol. The normalized spacial score (nSPS) is 22.6. The first kappa shape index (κ1) is 11.5. The molecule has 4 nitrogen and oxygen atoms in total. The molecule has 1 unspecified atom stereocenters. The lowest BCUT2D eigenvalue weighted by atomic mass is 10.1. The minimum atomic E-state index is 0.172. The van der Waals surface area contributed by atoms with E-state index in [0.717, 1.165) is 26.1 Å². The molecule has 0 aliphatic carbocycles. The van der Waals surface area contributed by atoms with Crippen molar-refractivity contribution in [3.8, 4) is 0 Å². The molecule has 1 fully saturated rings. The van der Waals surface area contributed by atoms with Crippen LogP contribution in [-0.2, 0) is 4.79 Å². The molecular weight excluding hydrogens is 180 g/mol. The molecule has 82 valence electrons. The van der Waals surface area contributed by atoms with E-state index in [2.05, 4.69) is 4.90 Å². The Morgan fingerprint density at radius 2 is 2.36 bits per heavy atom. The number of nitrogens with zero attached hydrogens (tertiary/aromatic N) is 2. The fourth-order valence-electron chi connectivity index (χ4n) is 1.69. The Morgan fingerprint density at radius 1 is 1.64 bits per heavy atom. The number of rotatable bonds is 4. The summed E-state index contributed by atoms with van der Waals surface area (Å²) in [5.74, 6) is 0.542. The van der Waals surface area contributed by atoms with Crippen molar-refractivity contribution < 1.29 is 9.90 Å². The Morgan fingerprint density at radius 3 is 2.86 bits per heavy atom. The molecule has 1 saturated heterocycles. The molecule has 0 saturated carbocycles. The first-order valence-electron chi connectivity index (χ1n) is 5.24. The maximum atomic E-state index is 11.5. The predicted octanol–water partition coefficient (Wildman–Crippen LogP) is -0.221.